The molecular formula is C32H25N2O5P. The summed E-state index contributed by atoms with van der Waals surface area (Å²) in [6.45, 7) is -0.00331. The molecule has 0 aliphatic rings. The number of rotatable bonds is 9. The first kappa shape index (κ1) is 26.6. The molecule has 1 N–H and O–H groups in total. The van der Waals surface area contributed by atoms with Gasteiger partial charge in [-0.15, -0.1) is 0 Å². The number of hydrogen-bond donors (Lipinski definition) is 1. The van der Waals surface area contributed by atoms with Crippen molar-refractivity contribution in [1.82, 2.24) is 5.32 Å². The molecule has 0 aromatic heterocycles. The van der Waals surface area contributed by atoms with Crippen LogP contribution in [-0.4, -0.2) is 6.09 Å². The minimum Gasteiger partial charge on any atom is -0.445 e. The van der Waals surface area contributed by atoms with Crippen LogP contribution in [0.15, 0.2) is 127 Å². The molecule has 0 radical (unpaired) electrons. The van der Waals surface area contributed by atoms with Gasteiger partial charge in [0.2, 0.25) is 0 Å². The topological polar surface area (TPSA) is 97.7 Å². The zero-order chi connectivity index (χ0) is 27.8. The van der Waals surface area contributed by atoms with Crippen molar-refractivity contribution in [1.29, 1.82) is 5.26 Å². The average molecular weight is 549 g/mol. The second-order valence-corrected chi connectivity index (χ2v) is 10.8. The number of carbonyl (C=O) groups excluding carboxylic acids is 1. The number of nitrogens with zero attached hydrogens (tertiary/aromatic N) is 1. The molecule has 5 aromatic rings. The van der Waals surface area contributed by atoms with Crippen molar-refractivity contribution >= 4 is 24.5 Å². The van der Waals surface area contributed by atoms with E-state index < -0.39 is 19.5 Å². The van der Waals surface area contributed by atoms with Crippen LogP contribution in [-0.2, 0) is 15.9 Å². The molecule has 0 aliphatic heterocycles. The summed E-state index contributed by atoms with van der Waals surface area (Å²) < 4.78 is 32.2. The normalized spacial score (nSPS) is 11.7. The fourth-order valence-electron chi connectivity index (χ4n) is 4.18. The van der Waals surface area contributed by atoms with Gasteiger partial charge in [0.25, 0.3) is 0 Å². The highest BCUT2D eigenvalue weighted by Crippen LogP contribution is 2.59. The quantitative estimate of drug-likeness (QED) is 0.188. The molecule has 0 aliphatic carbocycles. The lowest BCUT2D eigenvalue weighted by Gasteiger charge is -2.28. The van der Waals surface area contributed by atoms with Gasteiger partial charge >= 0.3 is 13.7 Å². The number of fused-ring (bicyclic) bond motifs is 1. The van der Waals surface area contributed by atoms with Crippen molar-refractivity contribution < 1.29 is 23.1 Å². The minimum absolute atomic E-state index is 0.00331. The van der Waals surface area contributed by atoms with E-state index in [1.165, 1.54) is 0 Å². The highest BCUT2D eigenvalue weighted by Gasteiger charge is 2.42. The van der Waals surface area contributed by atoms with Crippen molar-refractivity contribution in [2.24, 2.45) is 0 Å². The van der Waals surface area contributed by atoms with E-state index in [0.717, 1.165) is 16.3 Å². The number of carbonyl (C=O) groups is 1. The molecule has 5 aromatic carbocycles. The molecule has 0 saturated carbocycles. The van der Waals surface area contributed by atoms with Crippen LogP contribution < -0.4 is 14.4 Å². The maximum absolute atomic E-state index is 14.6. The molecule has 198 valence electrons. The number of benzene rings is 5. The minimum atomic E-state index is -4.20. The third-order valence-electron chi connectivity index (χ3n) is 6.12. The average Bonchev–Trinajstić information content (AvgIpc) is 3.00. The van der Waals surface area contributed by atoms with Gasteiger partial charge in [-0.1, -0.05) is 91.0 Å². The molecule has 8 heteroatoms. The Morgan fingerprint density at radius 2 is 1.32 bits per heavy atom. The first-order valence-corrected chi connectivity index (χ1v) is 14.1. The largest absolute Gasteiger partial charge is 0.457 e. The predicted octanol–water partition coefficient (Wildman–Crippen LogP) is 7.99. The molecule has 7 nitrogen and oxygen atoms in total. The summed E-state index contributed by atoms with van der Waals surface area (Å²) in [4.78, 5) is 13.2. The zero-order valence-electron chi connectivity index (χ0n) is 21.3. The molecular weight excluding hydrogens is 523 g/mol. The summed E-state index contributed by atoms with van der Waals surface area (Å²) in [7, 11) is -4.20. The molecule has 1 amide bonds. The standard InChI is InChI=1S/C32H25N2O5P/c33-22-24-18-20-26(21-19-24)31(34-32(35)37-23-27-12-9-11-25-10-7-8-17-30(25)27)40(36,38-28-13-3-1-4-14-28)39-29-15-5-2-6-16-29/h1-21,31H,23H2,(H,34,35). The van der Waals surface area contributed by atoms with Crippen LogP contribution >= 0.6 is 7.60 Å². The maximum Gasteiger partial charge on any atom is 0.457 e. The summed E-state index contributed by atoms with van der Waals surface area (Å²) >= 11 is 0. The Morgan fingerprint density at radius 1 is 0.750 bits per heavy atom. The van der Waals surface area contributed by atoms with Gasteiger partial charge in [0.05, 0.1) is 11.6 Å². The summed E-state index contributed by atoms with van der Waals surface area (Å²) in [5.74, 6) is -0.668. The number of nitrogens with one attached hydrogen (secondary N) is 1. The van der Waals surface area contributed by atoms with E-state index in [2.05, 4.69) is 11.4 Å². The Kier molecular flexibility index (Phi) is 8.10. The maximum atomic E-state index is 14.6. The summed E-state index contributed by atoms with van der Waals surface area (Å²) in [5.41, 5.74) is 1.65. The van der Waals surface area contributed by atoms with Crippen molar-refractivity contribution in [3.8, 4) is 17.6 Å². The van der Waals surface area contributed by atoms with Crippen LogP contribution in [0, 0.1) is 11.3 Å². The number of para-hydroxylation sites is 2. The first-order chi connectivity index (χ1) is 19.5. The van der Waals surface area contributed by atoms with Crippen LogP contribution in [0.4, 0.5) is 4.79 Å². The lowest BCUT2D eigenvalue weighted by atomic mass is 10.1. The fraction of sp³-hybridized carbons (Fsp3) is 0.0625. The second kappa shape index (κ2) is 12.2. The first-order valence-electron chi connectivity index (χ1n) is 12.5. The summed E-state index contributed by atoms with van der Waals surface area (Å²) in [6.07, 6.45) is -0.809. The molecule has 5 rings (SSSR count). The second-order valence-electron chi connectivity index (χ2n) is 8.84. The molecule has 0 saturated heterocycles. The van der Waals surface area contributed by atoms with Crippen LogP contribution in [0.1, 0.15) is 22.5 Å². The Morgan fingerprint density at radius 3 is 1.95 bits per heavy atom. The van der Waals surface area contributed by atoms with E-state index in [0.29, 0.717) is 22.6 Å². The van der Waals surface area contributed by atoms with Gasteiger partial charge in [-0.3, -0.25) is 0 Å². The Balaban J connectivity index is 1.47. The van der Waals surface area contributed by atoms with Crippen molar-refractivity contribution in [3.63, 3.8) is 0 Å². The van der Waals surface area contributed by atoms with Gasteiger partial charge in [0.1, 0.15) is 18.1 Å². The van der Waals surface area contributed by atoms with Crippen LogP contribution in [0.5, 0.6) is 11.5 Å². The van der Waals surface area contributed by atoms with E-state index in [9.17, 15) is 14.6 Å². The van der Waals surface area contributed by atoms with Gasteiger partial charge < -0.3 is 19.1 Å². The highest BCUT2D eigenvalue weighted by atomic mass is 31.2. The lowest BCUT2D eigenvalue weighted by Crippen LogP contribution is -2.31. The zero-order valence-corrected chi connectivity index (χ0v) is 22.2. The van der Waals surface area contributed by atoms with Gasteiger partial charge in [-0.25, -0.2) is 9.36 Å². The molecule has 0 bridgehead atoms. The molecule has 0 heterocycles. The molecule has 1 atom stereocenters. The molecule has 1 unspecified atom stereocenters. The summed E-state index contributed by atoms with van der Waals surface area (Å²) in [5, 5.41) is 14.0. The van der Waals surface area contributed by atoms with Crippen LogP contribution in [0.3, 0.4) is 0 Å². The Hall–Kier alpha value is -5.05. The number of nitriles is 1. The van der Waals surface area contributed by atoms with Gasteiger partial charge in [0.15, 0.2) is 5.78 Å². The monoisotopic (exact) mass is 548 g/mol. The highest BCUT2D eigenvalue weighted by molar-refractivity contribution is 7.55. The summed E-state index contributed by atoms with van der Waals surface area (Å²) in [6, 6.07) is 39.1. The third kappa shape index (κ3) is 6.32. The van der Waals surface area contributed by atoms with Crippen molar-refractivity contribution in [2.45, 2.75) is 12.4 Å². The lowest BCUT2D eigenvalue weighted by molar-refractivity contribution is 0.137. The SMILES string of the molecule is N#Cc1ccc(C(NC(=O)OCc2cccc3ccccc23)P(=O)(Oc2ccccc2)Oc2ccccc2)cc1. The van der Waals surface area contributed by atoms with Crippen LogP contribution in [0.25, 0.3) is 10.8 Å². The van der Waals surface area contributed by atoms with Gasteiger partial charge in [-0.05, 0) is 58.3 Å². The predicted molar refractivity (Wildman–Crippen MR) is 153 cm³/mol. The van der Waals surface area contributed by atoms with E-state index >= 15 is 0 Å². The van der Waals surface area contributed by atoms with E-state index in [-0.39, 0.29) is 6.61 Å². The van der Waals surface area contributed by atoms with E-state index in [4.69, 9.17) is 13.8 Å². The van der Waals surface area contributed by atoms with E-state index in [1.807, 2.05) is 42.5 Å². The number of alkyl carbamates (subject to hydrolysis) is 1. The third-order valence-corrected chi connectivity index (χ3v) is 8.11. The smallest absolute Gasteiger partial charge is 0.445 e. The van der Waals surface area contributed by atoms with Gasteiger partial charge in [0, 0.05) is 0 Å². The fourth-order valence-corrected chi connectivity index (χ4v) is 6.06. The number of hydrogen-bond acceptors (Lipinski definition) is 6. The molecule has 40 heavy (non-hydrogen) atoms. The Labute approximate surface area is 232 Å². The van der Waals surface area contributed by atoms with Crippen LogP contribution in [0.2, 0.25) is 0 Å². The van der Waals surface area contributed by atoms with Crippen molar-refractivity contribution in [2.75, 3.05) is 0 Å². The molecule has 0 fully saturated rings. The van der Waals surface area contributed by atoms with Crippen molar-refractivity contribution in [3.05, 3.63) is 144 Å². The van der Waals surface area contributed by atoms with E-state index in [1.54, 1.807) is 84.9 Å². The molecule has 0 spiro atoms. The number of amides is 1. The Bertz CT molecular complexity index is 1640. The van der Waals surface area contributed by atoms with Gasteiger partial charge in [-0.2, -0.15) is 5.26 Å². The number of ether oxygens (including phenoxy) is 1.